The van der Waals surface area contributed by atoms with Crippen LogP contribution in [0.15, 0.2) is 18.2 Å². The van der Waals surface area contributed by atoms with Gasteiger partial charge >= 0.3 is 5.97 Å². The zero-order chi connectivity index (χ0) is 16.1. The summed E-state index contributed by atoms with van der Waals surface area (Å²) in [5.74, 6) is -0.754. The molecule has 1 heterocycles. The van der Waals surface area contributed by atoms with Crippen molar-refractivity contribution in [3.05, 3.63) is 29.3 Å². The number of aryl methyl sites for hydroxylation is 2. The third kappa shape index (κ3) is 4.00. The number of anilines is 1. The van der Waals surface area contributed by atoms with E-state index in [4.69, 9.17) is 5.11 Å². The van der Waals surface area contributed by atoms with Crippen molar-refractivity contribution in [2.75, 3.05) is 31.1 Å². The van der Waals surface area contributed by atoms with Gasteiger partial charge in [0.15, 0.2) is 0 Å². The normalized spacial score (nSPS) is 14.2. The van der Waals surface area contributed by atoms with E-state index in [0.29, 0.717) is 6.54 Å². The van der Waals surface area contributed by atoms with Crippen molar-refractivity contribution in [3.63, 3.8) is 0 Å². The van der Waals surface area contributed by atoms with Crippen molar-refractivity contribution < 1.29 is 14.7 Å². The van der Waals surface area contributed by atoms with Crippen molar-refractivity contribution in [3.8, 4) is 0 Å². The molecule has 0 unspecified atom stereocenters. The summed E-state index contributed by atoms with van der Waals surface area (Å²) in [4.78, 5) is 27.2. The Kier molecular flexibility index (Phi) is 5.41. The summed E-state index contributed by atoms with van der Waals surface area (Å²) < 4.78 is 0. The molecule has 5 heteroatoms. The maximum Gasteiger partial charge on any atom is 0.305 e. The summed E-state index contributed by atoms with van der Waals surface area (Å²) in [6.45, 7) is 6.23. The van der Waals surface area contributed by atoms with Crippen LogP contribution in [0.5, 0.6) is 0 Å². The standard InChI is InChI=1S/C17H24N2O3/c1-13-6-5-7-14(2)17(13)19(11-8-16(21)22)12-15(20)18-9-3-4-10-18/h5-7H,3-4,8-12H2,1-2H3,(H,21,22). The first-order valence-corrected chi connectivity index (χ1v) is 7.80. The van der Waals surface area contributed by atoms with Gasteiger partial charge in [0.1, 0.15) is 0 Å². The fourth-order valence-corrected chi connectivity index (χ4v) is 3.03. The van der Waals surface area contributed by atoms with Crippen LogP contribution >= 0.6 is 0 Å². The lowest BCUT2D eigenvalue weighted by atomic mass is 10.1. The van der Waals surface area contributed by atoms with Gasteiger partial charge < -0.3 is 14.9 Å². The van der Waals surface area contributed by atoms with Crippen molar-refractivity contribution in [2.45, 2.75) is 33.1 Å². The fraction of sp³-hybridized carbons (Fsp3) is 0.529. The lowest BCUT2D eigenvalue weighted by Crippen LogP contribution is -2.40. The molecule has 1 aromatic carbocycles. The van der Waals surface area contributed by atoms with E-state index in [0.717, 1.165) is 42.7 Å². The van der Waals surface area contributed by atoms with E-state index in [9.17, 15) is 9.59 Å². The van der Waals surface area contributed by atoms with E-state index in [-0.39, 0.29) is 18.9 Å². The monoisotopic (exact) mass is 304 g/mol. The van der Waals surface area contributed by atoms with Crippen LogP contribution in [-0.4, -0.2) is 48.1 Å². The molecule has 1 N–H and O–H groups in total. The number of carbonyl (C=O) groups excluding carboxylic acids is 1. The van der Waals surface area contributed by atoms with E-state index >= 15 is 0 Å². The molecule has 0 spiro atoms. The number of carboxylic acid groups (broad SMARTS) is 1. The predicted octanol–water partition coefficient (Wildman–Crippen LogP) is 2.21. The molecule has 1 aliphatic rings. The van der Waals surface area contributed by atoms with Gasteiger partial charge in [-0.3, -0.25) is 9.59 Å². The lowest BCUT2D eigenvalue weighted by molar-refractivity contribution is -0.137. The second-order valence-corrected chi connectivity index (χ2v) is 5.89. The number of para-hydroxylation sites is 1. The van der Waals surface area contributed by atoms with Crippen LogP contribution in [0.1, 0.15) is 30.4 Å². The molecule has 120 valence electrons. The minimum absolute atomic E-state index is 0.0288. The Labute approximate surface area is 131 Å². The molecule has 1 fully saturated rings. The number of amides is 1. The first-order valence-electron chi connectivity index (χ1n) is 7.80. The summed E-state index contributed by atoms with van der Waals surface area (Å²) in [5.41, 5.74) is 3.12. The molecular formula is C17H24N2O3. The highest BCUT2D eigenvalue weighted by atomic mass is 16.4. The van der Waals surface area contributed by atoms with Gasteiger partial charge in [0.25, 0.3) is 0 Å². The zero-order valence-electron chi connectivity index (χ0n) is 13.3. The van der Waals surface area contributed by atoms with Gasteiger partial charge in [0.05, 0.1) is 13.0 Å². The summed E-state index contributed by atoms with van der Waals surface area (Å²) in [5, 5.41) is 8.97. The van der Waals surface area contributed by atoms with Crippen molar-refractivity contribution in [1.29, 1.82) is 0 Å². The molecule has 1 amide bonds. The van der Waals surface area contributed by atoms with Crippen LogP contribution in [0.25, 0.3) is 0 Å². The molecule has 0 aromatic heterocycles. The first kappa shape index (κ1) is 16.3. The van der Waals surface area contributed by atoms with Crippen LogP contribution < -0.4 is 4.90 Å². The molecular weight excluding hydrogens is 280 g/mol. The number of nitrogens with zero attached hydrogens (tertiary/aromatic N) is 2. The Morgan fingerprint density at radius 2 is 1.77 bits per heavy atom. The number of likely N-dealkylation sites (tertiary alicyclic amines) is 1. The number of carbonyl (C=O) groups is 2. The summed E-state index contributed by atoms with van der Waals surface area (Å²) in [6.07, 6.45) is 2.15. The molecule has 0 radical (unpaired) electrons. The van der Waals surface area contributed by atoms with E-state index in [1.165, 1.54) is 0 Å². The molecule has 0 bridgehead atoms. The number of benzene rings is 1. The van der Waals surface area contributed by atoms with Gasteiger partial charge in [0, 0.05) is 25.3 Å². The second kappa shape index (κ2) is 7.29. The fourth-order valence-electron chi connectivity index (χ4n) is 3.03. The number of hydrogen-bond donors (Lipinski definition) is 1. The highest BCUT2D eigenvalue weighted by Gasteiger charge is 2.22. The Balaban J connectivity index is 2.18. The first-order chi connectivity index (χ1) is 10.5. The average molecular weight is 304 g/mol. The van der Waals surface area contributed by atoms with Crippen molar-refractivity contribution >= 4 is 17.6 Å². The van der Waals surface area contributed by atoms with Crippen LogP contribution in [0.3, 0.4) is 0 Å². The van der Waals surface area contributed by atoms with Gasteiger partial charge in [-0.05, 0) is 37.8 Å². The van der Waals surface area contributed by atoms with Crippen LogP contribution in [0.2, 0.25) is 0 Å². The van der Waals surface area contributed by atoms with Gasteiger partial charge in [-0.2, -0.15) is 0 Å². The second-order valence-electron chi connectivity index (χ2n) is 5.89. The molecule has 0 saturated carbocycles. The van der Waals surface area contributed by atoms with E-state index in [1.807, 2.05) is 41.8 Å². The molecule has 0 aliphatic carbocycles. The molecule has 5 nitrogen and oxygen atoms in total. The SMILES string of the molecule is Cc1cccc(C)c1N(CCC(=O)O)CC(=O)N1CCCC1. The maximum absolute atomic E-state index is 12.4. The molecule has 1 saturated heterocycles. The van der Waals surface area contributed by atoms with Gasteiger partial charge in [-0.25, -0.2) is 0 Å². The highest BCUT2D eigenvalue weighted by molar-refractivity contribution is 5.82. The Hall–Kier alpha value is -2.04. The molecule has 22 heavy (non-hydrogen) atoms. The summed E-state index contributed by atoms with van der Waals surface area (Å²) in [6, 6.07) is 5.97. The Morgan fingerprint density at radius 1 is 1.18 bits per heavy atom. The number of aliphatic carboxylic acids is 1. The molecule has 1 aliphatic heterocycles. The van der Waals surface area contributed by atoms with Crippen LogP contribution in [0, 0.1) is 13.8 Å². The van der Waals surface area contributed by atoms with Gasteiger partial charge in [0.2, 0.25) is 5.91 Å². The van der Waals surface area contributed by atoms with Crippen LogP contribution in [0.4, 0.5) is 5.69 Å². The number of carboxylic acids is 1. The number of hydrogen-bond acceptors (Lipinski definition) is 3. The Bertz CT molecular complexity index is 531. The minimum Gasteiger partial charge on any atom is -0.481 e. The van der Waals surface area contributed by atoms with E-state index in [2.05, 4.69) is 0 Å². The third-order valence-electron chi connectivity index (χ3n) is 4.14. The smallest absolute Gasteiger partial charge is 0.305 e. The van der Waals surface area contributed by atoms with Gasteiger partial charge in [-0.15, -0.1) is 0 Å². The lowest BCUT2D eigenvalue weighted by Gasteiger charge is -2.29. The minimum atomic E-state index is -0.843. The topological polar surface area (TPSA) is 60.9 Å². The summed E-state index contributed by atoms with van der Waals surface area (Å²) >= 11 is 0. The van der Waals surface area contributed by atoms with Crippen molar-refractivity contribution in [1.82, 2.24) is 4.90 Å². The van der Waals surface area contributed by atoms with Crippen molar-refractivity contribution in [2.24, 2.45) is 0 Å². The van der Waals surface area contributed by atoms with E-state index < -0.39 is 5.97 Å². The van der Waals surface area contributed by atoms with Gasteiger partial charge in [-0.1, -0.05) is 18.2 Å². The quantitative estimate of drug-likeness (QED) is 0.875. The molecule has 1 aromatic rings. The van der Waals surface area contributed by atoms with E-state index in [1.54, 1.807) is 0 Å². The molecule has 2 rings (SSSR count). The molecule has 0 atom stereocenters. The Morgan fingerprint density at radius 3 is 2.32 bits per heavy atom. The zero-order valence-corrected chi connectivity index (χ0v) is 13.3. The third-order valence-corrected chi connectivity index (χ3v) is 4.14. The maximum atomic E-state index is 12.4. The number of rotatable bonds is 6. The highest BCUT2D eigenvalue weighted by Crippen LogP contribution is 2.25. The predicted molar refractivity (Wildman–Crippen MR) is 86.2 cm³/mol. The largest absolute Gasteiger partial charge is 0.481 e. The van der Waals surface area contributed by atoms with Crippen LogP contribution in [-0.2, 0) is 9.59 Å². The average Bonchev–Trinajstić information content (AvgIpc) is 2.98. The summed E-state index contributed by atoms with van der Waals surface area (Å²) in [7, 11) is 0.